The molecule has 0 fully saturated rings. The molecule has 0 saturated carbocycles. The highest BCUT2D eigenvalue weighted by atomic mass is 32.2. The van der Waals surface area contributed by atoms with Gasteiger partial charge in [-0.25, -0.2) is 0 Å². The minimum atomic E-state index is -3.29. The molecule has 0 saturated heterocycles. The molecule has 1 aromatic carbocycles. The van der Waals surface area contributed by atoms with Gasteiger partial charge in [0.15, 0.2) is 0 Å². The normalized spacial score (nSPS) is 12.1. The number of rotatable bonds is 6. The minimum Gasteiger partial charge on any atom is -0.270 e. The van der Waals surface area contributed by atoms with Crippen molar-refractivity contribution >= 4 is 16.2 Å². The Morgan fingerprint density at radius 3 is 2.56 bits per heavy atom. The lowest BCUT2D eigenvalue weighted by molar-refractivity contribution is 0.317. The van der Waals surface area contributed by atoms with E-state index in [0.29, 0.717) is 6.42 Å². The lowest BCUT2D eigenvalue weighted by Gasteiger charge is -1.98. The minimum absolute atomic E-state index is 0.248. The summed E-state index contributed by atoms with van der Waals surface area (Å²) in [5.41, 5.74) is 1.14. The average molecular weight is 240 g/mol. The summed E-state index contributed by atoms with van der Waals surface area (Å²) in [7, 11) is -3.29. The van der Waals surface area contributed by atoms with Gasteiger partial charge in [-0.2, -0.15) is 8.42 Å². The molecule has 0 radical (unpaired) electrons. The standard InChI is InChI=1S/C12H16O3S/c1-16(13,14)15-11-7-3-6-10-12-8-4-2-5-9-12/h2,4-6,8-10H,3,7,11H2,1H3/b10-6+. The van der Waals surface area contributed by atoms with Crippen molar-refractivity contribution in [3.05, 3.63) is 42.0 Å². The van der Waals surface area contributed by atoms with Gasteiger partial charge in [0, 0.05) is 0 Å². The van der Waals surface area contributed by atoms with Crippen LogP contribution < -0.4 is 0 Å². The van der Waals surface area contributed by atoms with Gasteiger partial charge in [0.05, 0.1) is 12.9 Å². The van der Waals surface area contributed by atoms with Crippen LogP contribution in [0.4, 0.5) is 0 Å². The second-order valence-corrected chi connectivity index (χ2v) is 5.13. The van der Waals surface area contributed by atoms with Crippen LogP contribution in [0.5, 0.6) is 0 Å². The second-order valence-electron chi connectivity index (χ2n) is 3.48. The van der Waals surface area contributed by atoms with Crippen LogP contribution >= 0.6 is 0 Å². The first-order chi connectivity index (χ1) is 7.58. The van der Waals surface area contributed by atoms with Gasteiger partial charge in [0.25, 0.3) is 10.1 Å². The van der Waals surface area contributed by atoms with Gasteiger partial charge in [-0.15, -0.1) is 0 Å². The third kappa shape index (κ3) is 6.37. The van der Waals surface area contributed by atoms with Crippen LogP contribution in [0.25, 0.3) is 6.08 Å². The lowest BCUT2D eigenvalue weighted by atomic mass is 10.2. The van der Waals surface area contributed by atoms with Crippen molar-refractivity contribution in [2.75, 3.05) is 12.9 Å². The molecule has 0 spiro atoms. The van der Waals surface area contributed by atoms with Crippen molar-refractivity contribution in [1.29, 1.82) is 0 Å². The summed E-state index contributed by atoms with van der Waals surface area (Å²) in [6.45, 7) is 0.248. The molecular weight excluding hydrogens is 224 g/mol. The van der Waals surface area contributed by atoms with Crippen LogP contribution in [0.3, 0.4) is 0 Å². The third-order valence-corrected chi connectivity index (χ3v) is 2.52. The van der Waals surface area contributed by atoms with Gasteiger partial charge in [-0.05, 0) is 18.4 Å². The van der Waals surface area contributed by atoms with E-state index in [1.807, 2.05) is 42.5 Å². The van der Waals surface area contributed by atoms with E-state index < -0.39 is 10.1 Å². The molecule has 16 heavy (non-hydrogen) atoms. The Hall–Kier alpha value is -1.13. The Kier molecular flexibility index (Phi) is 5.22. The predicted octanol–water partition coefficient (Wildman–Crippen LogP) is 2.46. The molecule has 1 rings (SSSR count). The fraction of sp³-hybridized carbons (Fsp3) is 0.333. The highest BCUT2D eigenvalue weighted by Gasteiger charge is 1.98. The quantitative estimate of drug-likeness (QED) is 0.566. The maximum atomic E-state index is 10.6. The molecule has 0 bridgehead atoms. The summed E-state index contributed by atoms with van der Waals surface area (Å²) in [5.74, 6) is 0. The zero-order valence-corrected chi connectivity index (χ0v) is 10.1. The average Bonchev–Trinajstić information content (AvgIpc) is 2.23. The zero-order valence-electron chi connectivity index (χ0n) is 9.30. The van der Waals surface area contributed by atoms with E-state index in [9.17, 15) is 8.42 Å². The number of unbranched alkanes of at least 4 members (excludes halogenated alkanes) is 1. The van der Waals surface area contributed by atoms with E-state index in [4.69, 9.17) is 0 Å². The van der Waals surface area contributed by atoms with Crippen molar-refractivity contribution in [3.8, 4) is 0 Å². The molecule has 3 nitrogen and oxygen atoms in total. The molecule has 0 atom stereocenters. The molecule has 0 amide bonds. The Balaban J connectivity index is 2.19. The lowest BCUT2D eigenvalue weighted by Crippen LogP contribution is -2.03. The molecule has 1 aromatic rings. The zero-order chi connectivity index (χ0) is 11.9. The first-order valence-electron chi connectivity index (χ1n) is 5.14. The first kappa shape index (κ1) is 12.9. The molecule has 0 aromatic heterocycles. The molecule has 0 unspecified atom stereocenters. The Bertz CT molecular complexity index is 421. The highest BCUT2D eigenvalue weighted by molar-refractivity contribution is 7.85. The summed E-state index contributed by atoms with van der Waals surface area (Å²) in [4.78, 5) is 0. The largest absolute Gasteiger partial charge is 0.270 e. The molecule has 0 N–H and O–H groups in total. The van der Waals surface area contributed by atoms with Crippen molar-refractivity contribution in [2.24, 2.45) is 0 Å². The van der Waals surface area contributed by atoms with E-state index in [-0.39, 0.29) is 6.61 Å². The summed E-state index contributed by atoms with van der Waals surface area (Å²) in [6.07, 6.45) is 6.61. The van der Waals surface area contributed by atoms with E-state index in [1.54, 1.807) is 0 Å². The SMILES string of the molecule is CS(=O)(=O)OCCC/C=C/c1ccccc1. The number of allylic oxidation sites excluding steroid dienone is 1. The van der Waals surface area contributed by atoms with Crippen molar-refractivity contribution in [2.45, 2.75) is 12.8 Å². The van der Waals surface area contributed by atoms with Crippen molar-refractivity contribution < 1.29 is 12.6 Å². The molecule has 0 aliphatic heterocycles. The van der Waals surface area contributed by atoms with E-state index in [1.165, 1.54) is 0 Å². The van der Waals surface area contributed by atoms with Gasteiger partial charge < -0.3 is 0 Å². The molecule has 0 aliphatic rings. The summed E-state index contributed by atoms with van der Waals surface area (Å²) in [6, 6.07) is 9.96. The van der Waals surface area contributed by atoms with Crippen LogP contribution in [0.2, 0.25) is 0 Å². The van der Waals surface area contributed by atoms with Crippen molar-refractivity contribution in [1.82, 2.24) is 0 Å². The van der Waals surface area contributed by atoms with Crippen LogP contribution in [0, 0.1) is 0 Å². The molecular formula is C12H16O3S. The van der Waals surface area contributed by atoms with E-state index >= 15 is 0 Å². The third-order valence-electron chi connectivity index (χ3n) is 1.92. The highest BCUT2D eigenvalue weighted by Crippen LogP contribution is 2.03. The van der Waals surface area contributed by atoms with Crippen LogP contribution in [0.15, 0.2) is 36.4 Å². The maximum Gasteiger partial charge on any atom is 0.264 e. The molecule has 4 heteroatoms. The molecule has 0 aliphatic carbocycles. The Labute approximate surface area is 96.9 Å². The Morgan fingerprint density at radius 1 is 1.25 bits per heavy atom. The number of hydrogen-bond donors (Lipinski definition) is 0. The van der Waals surface area contributed by atoms with Crippen LogP contribution in [-0.4, -0.2) is 21.3 Å². The van der Waals surface area contributed by atoms with Crippen LogP contribution in [-0.2, 0) is 14.3 Å². The monoisotopic (exact) mass is 240 g/mol. The fourth-order valence-corrected chi connectivity index (χ4v) is 1.62. The van der Waals surface area contributed by atoms with Gasteiger partial charge in [-0.1, -0.05) is 42.5 Å². The topological polar surface area (TPSA) is 43.4 Å². The summed E-state index contributed by atoms with van der Waals surface area (Å²) >= 11 is 0. The Morgan fingerprint density at radius 2 is 1.94 bits per heavy atom. The smallest absolute Gasteiger partial charge is 0.264 e. The predicted molar refractivity (Wildman–Crippen MR) is 65.5 cm³/mol. The van der Waals surface area contributed by atoms with Gasteiger partial charge in [0.2, 0.25) is 0 Å². The number of hydrogen-bond acceptors (Lipinski definition) is 3. The fourth-order valence-electron chi connectivity index (χ4n) is 1.20. The van der Waals surface area contributed by atoms with Crippen molar-refractivity contribution in [3.63, 3.8) is 0 Å². The molecule has 0 heterocycles. The second kappa shape index (κ2) is 6.45. The first-order valence-corrected chi connectivity index (χ1v) is 6.95. The number of benzene rings is 1. The van der Waals surface area contributed by atoms with E-state index in [2.05, 4.69) is 4.18 Å². The van der Waals surface area contributed by atoms with Gasteiger partial charge in [-0.3, -0.25) is 4.18 Å². The van der Waals surface area contributed by atoms with Gasteiger partial charge in [0.1, 0.15) is 0 Å². The van der Waals surface area contributed by atoms with Crippen LogP contribution in [0.1, 0.15) is 18.4 Å². The maximum absolute atomic E-state index is 10.6. The van der Waals surface area contributed by atoms with Gasteiger partial charge >= 0.3 is 0 Å². The summed E-state index contributed by atoms with van der Waals surface area (Å²) in [5, 5.41) is 0. The molecule has 88 valence electrons. The summed E-state index contributed by atoms with van der Waals surface area (Å²) < 4.78 is 25.9. The van der Waals surface area contributed by atoms with E-state index in [0.717, 1.165) is 18.2 Å².